The second kappa shape index (κ2) is 13.9. The zero-order chi connectivity index (χ0) is 39.6. The molecule has 0 spiro atoms. The van der Waals surface area contributed by atoms with E-state index < -0.39 is 0 Å². The van der Waals surface area contributed by atoms with Crippen LogP contribution in [0.3, 0.4) is 0 Å². The van der Waals surface area contributed by atoms with Crippen LogP contribution in [0, 0.1) is 0 Å². The molecule has 0 bridgehead atoms. The van der Waals surface area contributed by atoms with Crippen LogP contribution in [0.4, 0.5) is 0 Å². The minimum atomic E-state index is 0.604. The van der Waals surface area contributed by atoms with Crippen LogP contribution in [0.15, 0.2) is 188 Å². The minimum Gasteiger partial charge on any atom is -0.309 e. The van der Waals surface area contributed by atoms with Crippen molar-refractivity contribution in [3.8, 4) is 62.2 Å². The smallest absolute Gasteiger partial charge is 0.164 e. The molecular weight excluding hydrogens is 755 g/mol. The average Bonchev–Trinajstić information content (AvgIpc) is 3.87. The third-order valence-electron chi connectivity index (χ3n) is 11.2. The number of rotatable bonds is 6. The molecule has 0 amide bonds. The third kappa shape index (κ3) is 5.73. The molecule has 12 aromatic rings. The van der Waals surface area contributed by atoms with Gasteiger partial charge in [-0.25, -0.2) is 29.9 Å². The van der Waals surface area contributed by atoms with Gasteiger partial charge < -0.3 is 4.57 Å². The molecule has 0 unspecified atom stereocenters. The van der Waals surface area contributed by atoms with Gasteiger partial charge in [-0.3, -0.25) is 0 Å². The summed E-state index contributed by atoms with van der Waals surface area (Å²) in [6.45, 7) is 0. The first kappa shape index (κ1) is 34.1. The second-order valence-electron chi connectivity index (χ2n) is 14.8. The van der Waals surface area contributed by atoms with E-state index in [9.17, 15) is 0 Å². The molecule has 0 saturated heterocycles. The normalized spacial score (nSPS) is 11.7. The van der Waals surface area contributed by atoms with E-state index in [1.165, 1.54) is 32.6 Å². The summed E-state index contributed by atoms with van der Waals surface area (Å²) in [4.78, 5) is 30.4. The van der Waals surface area contributed by atoms with Crippen molar-refractivity contribution in [2.24, 2.45) is 0 Å². The number of aromatic nitrogens is 7. The first-order chi connectivity index (χ1) is 29.7. The molecule has 0 radical (unpaired) electrons. The molecule has 0 fully saturated rings. The zero-order valence-electron chi connectivity index (χ0n) is 31.9. The quantitative estimate of drug-likeness (QED) is 0.167. The molecule has 7 nitrogen and oxygen atoms in total. The van der Waals surface area contributed by atoms with E-state index in [1.54, 1.807) is 17.7 Å². The van der Waals surface area contributed by atoms with Gasteiger partial charge in [0.05, 0.1) is 26.9 Å². The number of thiophene rings is 1. The molecule has 0 atom stereocenters. The number of nitrogens with zero attached hydrogens (tertiary/aromatic N) is 7. The lowest BCUT2D eigenvalue weighted by Crippen LogP contribution is -2.00. The summed E-state index contributed by atoms with van der Waals surface area (Å²) in [6.07, 6.45) is 3.60. The van der Waals surface area contributed by atoms with Crippen LogP contribution in [0.2, 0.25) is 0 Å². The average molecular weight is 786 g/mol. The molecule has 280 valence electrons. The molecule has 0 N–H and O–H groups in total. The Morgan fingerprint density at radius 2 is 0.967 bits per heavy atom. The van der Waals surface area contributed by atoms with Crippen LogP contribution in [-0.4, -0.2) is 34.5 Å². The molecule has 0 aliphatic rings. The molecule has 0 saturated carbocycles. The van der Waals surface area contributed by atoms with Gasteiger partial charge in [-0.2, -0.15) is 0 Å². The van der Waals surface area contributed by atoms with Gasteiger partial charge in [-0.1, -0.05) is 127 Å². The number of para-hydroxylation sites is 2. The summed E-state index contributed by atoms with van der Waals surface area (Å²) in [5.41, 5.74) is 11.1. The Morgan fingerprint density at radius 1 is 0.400 bits per heavy atom. The van der Waals surface area contributed by atoms with Crippen molar-refractivity contribution in [3.63, 3.8) is 0 Å². The number of fused-ring (bicyclic) bond motifs is 7. The predicted molar refractivity (Wildman–Crippen MR) is 245 cm³/mol. The van der Waals surface area contributed by atoms with Crippen molar-refractivity contribution in [2.75, 3.05) is 0 Å². The van der Waals surface area contributed by atoms with E-state index in [-0.39, 0.29) is 0 Å². The van der Waals surface area contributed by atoms with Crippen molar-refractivity contribution >= 4 is 64.3 Å². The van der Waals surface area contributed by atoms with Gasteiger partial charge in [-0.15, -0.1) is 11.3 Å². The monoisotopic (exact) mass is 785 g/mol. The highest BCUT2D eigenvalue weighted by atomic mass is 32.1. The molecule has 7 aromatic carbocycles. The number of pyridine rings is 1. The summed E-state index contributed by atoms with van der Waals surface area (Å²) in [5.74, 6) is 1.84. The third-order valence-corrected chi connectivity index (χ3v) is 12.3. The lowest BCUT2D eigenvalue weighted by molar-refractivity contribution is 1.07. The number of hydrogen-bond donors (Lipinski definition) is 0. The van der Waals surface area contributed by atoms with Gasteiger partial charge in [0.15, 0.2) is 17.5 Å². The van der Waals surface area contributed by atoms with Crippen molar-refractivity contribution in [1.29, 1.82) is 0 Å². The van der Waals surface area contributed by atoms with Crippen LogP contribution in [-0.2, 0) is 0 Å². The molecule has 0 aliphatic heterocycles. The summed E-state index contributed by atoms with van der Waals surface area (Å²) >= 11 is 1.63. The lowest BCUT2D eigenvalue weighted by atomic mass is 10.0. The maximum absolute atomic E-state index is 5.06. The van der Waals surface area contributed by atoms with Gasteiger partial charge in [0.1, 0.15) is 11.2 Å². The Kier molecular flexibility index (Phi) is 7.89. The Morgan fingerprint density at radius 3 is 1.67 bits per heavy atom. The molecule has 5 aromatic heterocycles. The summed E-state index contributed by atoms with van der Waals surface area (Å²) in [5, 5.41) is 5.86. The fraction of sp³-hybridized carbons (Fsp3) is 0. The van der Waals surface area contributed by atoms with E-state index in [1.807, 2.05) is 36.5 Å². The molecular formula is C52H31N7S. The largest absolute Gasteiger partial charge is 0.309 e. The summed E-state index contributed by atoms with van der Waals surface area (Å²) < 4.78 is 3.35. The molecule has 5 heterocycles. The Hall–Kier alpha value is -7.94. The van der Waals surface area contributed by atoms with E-state index >= 15 is 0 Å². The second-order valence-corrected chi connectivity index (χ2v) is 15.8. The van der Waals surface area contributed by atoms with Crippen molar-refractivity contribution in [3.05, 3.63) is 188 Å². The van der Waals surface area contributed by atoms with E-state index in [0.717, 1.165) is 65.2 Å². The summed E-state index contributed by atoms with van der Waals surface area (Å²) in [6, 6.07) is 61.1. The van der Waals surface area contributed by atoms with Crippen molar-refractivity contribution in [2.45, 2.75) is 0 Å². The summed E-state index contributed by atoms with van der Waals surface area (Å²) in [7, 11) is 0. The van der Waals surface area contributed by atoms with Crippen molar-refractivity contribution in [1.82, 2.24) is 34.5 Å². The fourth-order valence-corrected chi connectivity index (χ4v) is 9.38. The van der Waals surface area contributed by atoms with Crippen LogP contribution in [0.25, 0.3) is 115 Å². The highest BCUT2D eigenvalue weighted by Crippen LogP contribution is 2.39. The Balaban J connectivity index is 0.899. The highest BCUT2D eigenvalue weighted by Gasteiger charge is 2.17. The first-order valence-corrected chi connectivity index (χ1v) is 20.6. The minimum absolute atomic E-state index is 0.604. The topological polar surface area (TPSA) is 82.3 Å². The maximum atomic E-state index is 5.06. The van der Waals surface area contributed by atoms with Gasteiger partial charge in [-0.05, 0) is 64.9 Å². The van der Waals surface area contributed by atoms with Gasteiger partial charge in [0.25, 0.3) is 0 Å². The maximum Gasteiger partial charge on any atom is 0.164 e. The Labute approximate surface area is 348 Å². The number of benzene rings is 7. The zero-order valence-corrected chi connectivity index (χ0v) is 32.8. The number of hydrogen-bond acceptors (Lipinski definition) is 7. The van der Waals surface area contributed by atoms with Crippen LogP contribution in [0.1, 0.15) is 0 Å². The Bertz CT molecular complexity index is 3540. The van der Waals surface area contributed by atoms with Gasteiger partial charge in [0, 0.05) is 55.9 Å². The SMILES string of the molecule is c1ccc(-c2nc(-c3ccc(-c4cnc5sc6c(-c7ccc8ccccc8c7)ncnc6c5c4)cc3)nc(-c3ccc(-n4c5ccccc5c5ccccc54)cc3)n2)cc1. The van der Waals surface area contributed by atoms with E-state index in [2.05, 4.69) is 150 Å². The van der Waals surface area contributed by atoms with E-state index in [0.29, 0.717) is 17.5 Å². The molecule has 0 aliphatic carbocycles. The van der Waals surface area contributed by atoms with Crippen molar-refractivity contribution < 1.29 is 0 Å². The van der Waals surface area contributed by atoms with E-state index in [4.69, 9.17) is 29.9 Å². The highest BCUT2D eigenvalue weighted by molar-refractivity contribution is 7.25. The molecule has 60 heavy (non-hydrogen) atoms. The molecule has 8 heteroatoms. The fourth-order valence-electron chi connectivity index (χ4n) is 8.28. The molecule has 12 rings (SSSR count). The predicted octanol–water partition coefficient (Wildman–Crippen LogP) is 13.0. The van der Waals surface area contributed by atoms with Gasteiger partial charge in [0.2, 0.25) is 0 Å². The lowest BCUT2D eigenvalue weighted by Gasteiger charge is -2.11. The van der Waals surface area contributed by atoms with Gasteiger partial charge >= 0.3 is 0 Å². The standard InChI is InChI=1S/C52H31N7S/c1-2-11-34(12-3-1)49-56-50(58-51(57-49)36-24-26-40(27-25-36)59-44-16-8-6-14-41(44)42-15-7-9-17-45(42)59)35-21-18-33(19-22-35)39-29-43-47-48(60-52(43)53-30-39)46(54-31-55-47)38-23-20-32-10-4-5-13-37(32)28-38/h1-31H. The van der Waals surface area contributed by atoms with Crippen LogP contribution in [0.5, 0.6) is 0 Å². The first-order valence-electron chi connectivity index (χ1n) is 19.8. The van der Waals surface area contributed by atoms with Crippen LogP contribution < -0.4 is 0 Å². The van der Waals surface area contributed by atoms with Crippen LogP contribution >= 0.6 is 11.3 Å².